The lowest BCUT2D eigenvalue weighted by atomic mass is 10.1. The second-order valence-corrected chi connectivity index (χ2v) is 4.68. The number of anilines is 1. The highest BCUT2D eigenvalue weighted by atomic mass is 16.6. The van der Waals surface area contributed by atoms with Crippen molar-refractivity contribution in [3.8, 4) is 0 Å². The van der Waals surface area contributed by atoms with Gasteiger partial charge in [-0.25, -0.2) is 0 Å². The molecule has 0 aliphatic rings. The summed E-state index contributed by atoms with van der Waals surface area (Å²) in [6, 6.07) is 9.01. The van der Waals surface area contributed by atoms with Crippen LogP contribution in [0.1, 0.15) is 12.5 Å². The first kappa shape index (κ1) is 16.2. The minimum Gasteiger partial charge on any atom is -0.321 e. The molecular weight excluding hydrogens is 298 g/mol. The van der Waals surface area contributed by atoms with Gasteiger partial charge in [-0.05, 0) is 25.1 Å². The van der Waals surface area contributed by atoms with E-state index < -0.39 is 10.8 Å². The van der Waals surface area contributed by atoms with Crippen LogP contribution in [0.3, 0.4) is 0 Å². The molecule has 2 rings (SSSR count). The summed E-state index contributed by atoms with van der Waals surface area (Å²) in [6.07, 6.45) is 4.13. The zero-order chi connectivity index (χ0) is 16.8. The summed E-state index contributed by atoms with van der Waals surface area (Å²) < 4.78 is 1.46. The molecule has 0 aliphatic heterocycles. The molecule has 0 radical (unpaired) electrons. The third-order valence-corrected chi connectivity index (χ3v) is 3.14. The van der Waals surface area contributed by atoms with Crippen molar-refractivity contribution in [3.63, 3.8) is 0 Å². The number of carbonyl (C=O) groups excluding carboxylic acids is 1. The predicted molar refractivity (Wildman–Crippen MR) is 87.1 cm³/mol. The number of carbonyl (C=O) groups is 1. The molecule has 118 valence electrons. The summed E-state index contributed by atoms with van der Waals surface area (Å²) in [7, 11) is 0. The molecule has 7 nitrogen and oxygen atoms in total. The van der Waals surface area contributed by atoms with Crippen LogP contribution in [-0.4, -0.2) is 15.4 Å². The molecule has 1 aromatic carbocycles. The van der Waals surface area contributed by atoms with Crippen LogP contribution < -0.4 is 10.9 Å². The SMILES string of the molecule is CCn1cc(NC(=O)/C=C/c2ccccc2[N+](=O)[O-])ccc1=O. The van der Waals surface area contributed by atoms with Gasteiger partial charge in [0.25, 0.3) is 11.2 Å². The molecular formula is C16H15N3O4. The average Bonchev–Trinajstić information content (AvgIpc) is 2.55. The van der Waals surface area contributed by atoms with E-state index in [-0.39, 0.29) is 11.2 Å². The number of pyridine rings is 1. The molecule has 0 aliphatic carbocycles. The van der Waals surface area contributed by atoms with E-state index in [0.717, 1.165) is 0 Å². The van der Waals surface area contributed by atoms with Gasteiger partial charge in [0.15, 0.2) is 0 Å². The summed E-state index contributed by atoms with van der Waals surface area (Å²) in [6.45, 7) is 2.32. The number of hydrogen-bond donors (Lipinski definition) is 1. The summed E-state index contributed by atoms with van der Waals surface area (Å²) in [5.74, 6) is -0.440. The minimum absolute atomic E-state index is 0.0731. The van der Waals surface area contributed by atoms with Crippen LogP contribution in [0.15, 0.2) is 53.5 Å². The van der Waals surface area contributed by atoms with Crippen LogP contribution >= 0.6 is 0 Å². The maximum absolute atomic E-state index is 11.9. The number of nitrogens with zero attached hydrogens (tertiary/aromatic N) is 2. The first-order valence-corrected chi connectivity index (χ1v) is 6.94. The van der Waals surface area contributed by atoms with Crippen molar-refractivity contribution in [2.75, 3.05) is 5.32 Å². The van der Waals surface area contributed by atoms with Crippen molar-refractivity contribution < 1.29 is 9.72 Å². The van der Waals surface area contributed by atoms with Crippen molar-refractivity contribution in [2.45, 2.75) is 13.5 Å². The maximum atomic E-state index is 11.9. The Morgan fingerprint density at radius 1 is 1.30 bits per heavy atom. The number of rotatable bonds is 5. The number of nitrogens with one attached hydrogen (secondary N) is 1. The summed E-state index contributed by atoms with van der Waals surface area (Å²) >= 11 is 0. The van der Waals surface area contributed by atoms with Crippen molar-refractivity contribution in [3.05, 3.63) is 74.7 Å². The number of hydrogen-bond acceptors (Lipinski definition) is 4. The largest absolute Gasteiger partial charge is 0.321 e. The van der Waals surface area contributed by atoms with E-state index in [1.807, 2.05) is 6.92 Å². The molecule has 7 heteroatoms. The maximum Gasteiger partial charge on any atom is 0.276 e. The number of benzene rings is 1. The van der Waals surface area contributed by atoms with Crippen LogP contribution in [0.5, 0.6) is 0 Å². The van der Waals surface area contributed by atoms with Gasteiger partial charge in [-0.15, -0.1) is 0 Å². The summed E-state index contributed by atoms with van der Waals surface area (Å²) in [4.78, 5) is 33.8. The molecule has 1 aromatic heterocycles. The molecule has 0 unspecified atom stereocenters. The van der Waals surface area contributed by atoms with Crippen molar-refractivity contribution in [2.24, 2.45) is 0 Å². The standard InChI is InChI=1S/C16H15N3O4/c1-2-18-11-13(8-10-16(18)21)17-15(20)9-7-12-5-3-4-6-14(12)19(22)23/h3-11H,2H2,1H3,(H,17,20)/b9-7+. The molecule has 2 aromatic rings. The Hall–Kier alpha value is -3.22. The van der Waals surface area contributed by atoms with Crippen LogP contribution in [-0.2, 0) is 11.3 Å². The average molecular weight is 313 g/mol. The van der Waals surface area contributed by atoms with Gasteiger partial charge in [0.1, 0.15) is 0 Å². The van der Waals surface area contributed by atoms with E-state index >= 15 is 0 Å². The number of aryl methyl sites for hydroxylation is 1. The molecule has 1 heterocycles. The normalized spacial score (nSPS) is 10.7. The van der Waals surface area contributed by atoms with E-state index in [4.69, 9.17) is 0 Å². The lowest BCUT2D eigenvalue weighted by molar-refractivity contribution is -0.385. The molecule has 1 amide bonds. The predicted octanol–water partition coefficient (Wildman–Crippen LogP) is 2.43. The van der Waals surface area contributed by atoms with Gasteiger partial charge >= 0.3 is 0 Å². The van der Waals surface area contributed by atoms with E-state index in [9.17, 15) is 19.7 Å². The first-order chi connectivity index (χ1) is 11.0. The highest BCUT2D eigenvalue weighted by Gasteiger charge is 2.09. The molecule has 0 fully saturated rings. The summed E-state index contributed by atoms with van der Waals surface area (Å²) in [5, 5.41) is 13.5. The van der Waals surface area contributed by atoms with E-state index in [0.29, 0.717) is 17.8 Å². The molecule has 1 N–H and O–H groups in total. The van der Waals surface area contributed by atoms with E-state index in [1.54, 1.807) is 24.4 Å². The van der Waals surface area contributed by atoms with Crippen LogP contribution in [0.2, 0.25) is 0 Å². The van der Waals surface area contributed by atoms with Gasteiger partial charge in [-0.1, -0.05) is 12.1 Å². The third kappa shape index (κ3) is 4.13. The Bertz CT molecular complexity index is 824. The fourth-order valence-electron chi connectivity index (χ4n) is 2.00. The molecule has 0 bridgehead atoms. The quantitative estimate of drug-likeness (QED) is 0.521. The van der Waals surface area contributed by atoms with Gasteiger partial charge in [-0.2, -0.15) is 0 Å². The summed E-state index contributed by atoms with van der Waals surface area (Å²) in [5.41, 5.74) is 0.590. The van der Waals surface area contributed by atoms with E-state index in [1.165, 1.54) is 34.9 Å². The fourth-order valence-corrected chi connectivity index (χ4v) is 2.00. The molecule has 0 saturated heterocycles. The Labute approximate surface area is 132 Å². The zero-order valence-electron chi connectivity index (χ0n) is 12.4. The highest BCUT2D eigenvalue weighted by Crippen LogP contribution is 2.18. The second-order valence-electron chi connectivity index (χ2n) is 4.68. The minimum atomic E-state index is -0.505. The van der Waals surface area contributed by atoms with Gasteiger partial charge in [-0.3, -0.25) is 19.7 Å². The Morgan fingerprint density at radius 3 is 2.74 bits per heavy atom. The monoisotopic (exact) mass is 313 g/mol. The Kier molecular flexibility index (Phi) is 5.03. The highest BCUT2D eigenvalue weighted by molar-refractivity contribution is 6.02. The third-order valence-electron chi connectivity index (χ3n) is 3.14. The lowest BCUT2D eigenvalue weighted by Gasteiger charge is -2.06. The van der Waals surface area contributed by atoms with Crippen LogP contribution in [0.4, 0.5) is 11.4 Å². The van der Waals surface area contributed by atoms with Gasteiger partial charge in [0, 0.05) is 31.0 Å². The number of nitro groups is 1. The van der Waals surface area contributed by atoms with Gasteiger partial charge in [0.05, 0.1) is 16.2 Å². The Morgan fingerprint density at radius 2 is 2.04 bits per heavy atom. The number of para-hydroxylation sites is 1. The molecule has 0 atom stereocenters. The number of nitro benzene ring substituents is 1. The van der Waals surface area contributed by atoms with Crippen LogP contribution in [0.25, 0.3) is 6.08 Å². The van der Waals surface area contributed by atoms with Crippen molar-refractivity contribution >= 4 is 23.4 Å². The number of amides is 1. The van der Waals surface area contributed by atoms with Crippen molar-refractivity contribution in [1.82, 2.24) is 4.57 Å². The first-order valence-electron chi connectivity index (χ1n) is 6.94. The number of aromatic nitrogens is 1. The fraction of sp³-hybridized carbons (Fsp3) is 0.125. The lowest BCUT2D eigenvalue weighted by Crippen LogP contribution is -2.19. The zero-order valence-corrected chi connectivity index (χ0v) is 12.4. The van der Waals surface area contributed by atoms with Gasteiger partial charge < -0.3 is 9.88 Å². The smallest absolute Gasteiger partial charge is 0.276 e. The second kappa shape index (κ2) is 7.17. The van der Waals surface area contributed by atoms with E-state index in [2.05, 4.69) is 5.32 Å². The van der Waals surface area contributed by atoms with Crippen molar-refractivity contribution in [1.29, 1.82) is 0 Å². The molecule has 0 saturated carbocycles. The topological polar surface area (TPSA) is 94.2 Å². The molecule has 0 spiro atoms. The van der Waals surface area contributed by atoms with Crippen LogP contribution in [0, 0.1) is 10.1 Å². The van der Waals surface area contributed by atoms with Gasteiger partial charge in [0.2, 0.25) is 5.91 Å². The Balaban J connectivity index is 2.14. The molecule has 23 heavy (non-hydrogen) atoms.